The Hall–Kier alpha value is -1.66. The molecule has 3 aromatic rings. The highest BCUT2D eigenvalue weighted by Gasteiger charge is 2.19. The van der Waals surface area contributed by atoms with E-state index in [1.54, 1.807) is 29.1 Å². The molecule has 0 aliphatic heterocycles. The molecule has 0 atom stereocenters. The number of nitrogen functional groups attached to an aromatic ring is 1. The number of benzene rings is 1. The van der Waals surface area contributed by atoms with Crippen molar-refractivity contribution in [3.05, 3.63) is 46.0 Å². The summed E-state index contributed by atoms with van der Waals surface area (Å²) in [6.07, 6.45) is 0. The Labute approximate surface area is 128 Å². The number of nitrogens with two attached hydrogens (primary N) is 1. The molecule has 0 bridgehead atoms. The van der Waals surface area contributed by atoms with Crippen molar-refractivity contribution in [1.29, 1.82) is 0 Å². The zero-order valence-electron chi connectivity index (χ0n) is 10.6. The van der Waals surface area contributed by atoms with Crippen LogP contribution in [0.5, 0.6) is 0 Å². The van der Waals surface area contributed by atoms with Crippen molar-refractivity contribution in [2.75, 3.05) is 5.73 Å². The van der Waals surface area contributed by atoms with Crippen LogP contribution in [0.15, 0.2) is 40.2 Å². The van der Waals surface area contributed by atoms with Crippen LogP contribution in [0.2, 0.25) is 0 Å². The Bertz CT molecular complexity index is 765. The van der Waals surface area contributed by atoms with E-state index in [0.29, 0.717) is 10.3 Å². The Morgan fingerprint density at radius 3 is 2.80 bits per heavy atom. The summed E-state index contributed by atoms with van der Waals surface area (Å²) < 4.78 is 15.5. The van der Waals surface area contributed by atoms with Gasteiger partial charge in [0.15, 0.2) is 0 Å². The molecule has 2 heterocycles. The van der Waals surface area contributed by atoms with E-state index < -0.39 is 0 Å². The van der Waals surface area contributed by atoms with Crippen LogP contribution in [-0.4, -0.2) is 9.78 Å². The summed E-state index contributed by atoms with van der Waals surface area (Å²) in [5.41, 5.74) is 8.58. The van der Waals surface area contributed by atoms with E-state index in [2.05, 4.69) is 21.0 Å². The van der Waals surface area contributed by atoms with Gasteiger partial charge in [0, 0.05) is 22.0 Å². The van der Waals surface area contributed by atoms with Gasteiger partial charge in [0.2, 0.25) is 0 Å². The van der Waals surface area contributed by atoms with Gasteiger partial charge in [-0.2, -0.15) is 5.10 Å². The van der Waals surface area contributed by atoms with E-state index in [1.807, 2.05) is 17.5 Å². The van der Waals surface area contributed by atoms with E-state index in [4.69, 9.17) is 5.73 Å². The first-order valence-electron chi connectivity index (χ1n) is 5.89. The van der Waals surface area contributed by atoms with E-state index in [1.165, 1.54) is 12.1 Å². The van der Waals surface area contributed by atoms with E-state index in [-0.39, 0.29) is 5.82 Å². The van der Waals surface area contributed by atoms with Crippen LogP contribution in [0, 0.1) is 5.82 Å². The van der Waals surface area contributed by atoms with Crippen molar-refractivity contribution < 1.29 is 4.39 Å². The molecule has 6 heteroatoms. The van der Waals surface area contributed by atoms with Gasteiger partial charge in [-0.25, -0.2) is 4.39 Å². The van der Waals surface area contributed by atoms with Crippen LogP contribution < -0.4 is 5.73 Å². The van der Waals surface area contributed by atoms with Gasteiger partial charge in [-0.15, -0.1) is 11.3 Å². The first-order chi connectivity index (χ1) is 9.58. The van der Waals surface area contributed by atoms with Gasteiger partial charge in [0.05, 0.1) is 5.56 Å². The summed E-state index contributed by atoms with van der Waals surface area (Å²) in [6.45, 7) is 0. The van der Waals surface area contributed by atoms with Crippen LogP contribution in [0.25, 0.3) is 21.7 Å². The van der Waals surface area contributed by atoms with Crippen LogP contribution in [0.4, 0.5) is 10.2 Å². The van der Waals surface area contributed by atoms with Gasteiger partial charge in [-0.3, -0.25) is 4.68 Å². The van der Waals surface area contributed by atoms with Crippen molar-refractivity contribution in [2.24, 2.45) is 7.05 Å². The maximum Gasteiger partial charge on any atom is 0.130 e. The SMILES string of the molecule is Cn1nc(-c2ccc(F)cc2Br)c(-c2cccs2)c1N. The molecule has 102 valence electrons. The van der Waals surface area contributed by atoms with Gasteiger partial charge < -0.3 is 5.73 Å². The summed E-state index contributed by atoms with van der Waals surface area (Å²) >= 11 is 4.99. The van der Waals surface area contributed by atoms with Crippen LogP contribution in [0.1, 0.15) is 0 Å². The second-order valence-electron chi connectivity index (χ2n) is 4.33. The van der Waals surface area contributed by atoms with Crippen LogP contribution in [0.3, 0.4) is 0 Å². The monoisotopic (exact) mass is 351 g/mol. The molecule has 0 radical (unpaired) electrons. The van der Waals surface area contributed by atoms with Crippen molar-refractivity contribution in [1.82, 2.24) is 9.78 Å². The Kier molecular flexibility index (Phi) is 3.35. The van der Waals surface area contributed by atoms with Crippen LogP contribution >= 0.6 is 27.3 Å². The van der Waals surface area contributed by atoms with Crippen molar-refractivity contribution in [3.8, 4) is 21.7 Å². The zero-order valence-corrected chi connectivity index (χ0v) is 13.0. The average Bonchev–Trinajstić information content (AvgIpc) is 2.99. The highest BCUT2D eigenvalue weighted by Crippen LogP contribution is 2.40. The largest absolute Gasteiger partial charge is 0.383 e. The molecule has 0 unspecified atom stereocenters. The molecule has 3 rings (SSSR count). The number of aryl methyl sites for hydroxylation is 1. The van der Waals surface area contributed by atoms with Crippen molar-refractivity contribution in [2.45, 2.75) is 0 Å². The smallest absolute Gasteiger partial charge is 0.130 e. The molecule has 3 nitrogen and oxygen atoms in total. The average molecular weight is 352 g/mol. The third kappa shape index (κ3) is 2.14. The molecule has 20 heavy (non-hydrogen) atoms. The highest BCUT2D eigenvalue weighted by molar-refractivity contribution is 9.10. The van der Waals surface area contributed by atoms with Gasteiger partial charge in [0.25, 0.3) is 0 Å². The highest BCUT2D eigenvalue weighted by atomic mass is 79.9. The standard InChI is InChI=1S/C14H11BrFN3S/c1-19-14(17)12(11-3-2-6-20-11)13(18-19)9-5-4-8(16)7-10(9)15/h2-7H,17H2,1H3. The van der Waals surface area contributed by atoms with Crippen LogP contribution in [-0.2, 0) is 7.05 Å². The lowest BCUT2D eigenvalue weighted by atomic mass is 10.1. The number of nitrogens with zero attached hydrogens (tertiary/aromatic N) is 2. The lowest BCUT2D eigenvalue weighted by Gasteiger charge is -2.04. The molecular weight excluding hydrogens is 341 g/mol. The Balaban J connectivity index is 2.27. The summed E-state index contributed by atoms with van der Waals surface area (Å²) in [7, 11) is 1.80. The third-order valence-corrected chi connectivity index (χ3v) is 4.59. The second-order valence-corrected chi connectivity index (χ2v) is 6.14. The Morgan fingerprint density at radius 2 is 2.15 bits per heavy atom. The summed E-state index contributed by atoms with van der Waals surface area (Å²) in [6, 6.07) is 8.52. The quantitative estimate of drug-likeness (QED) is 0.747. The van der Waals surface area contributed by atoms with Gasteiger partial charge in [0.1, 0.15) is 17.3 Å². The molecule has 0 saturated carbocycles. The molecule has 2 aromatic heterocycles. The van der Waals surface area contributed by atoms with E-state index >= 15 is 0 Å². The third-order valence-electron chi connectivity index (χ3n) is 3.05. The predicted octanol–water partition coefficient (Wildman–Crippen LogP) is 4.30. The fourth-order valence-electron chi connectivity index (χ4n) is 2.07. The molecular formula is C14H11BrFN3S. The minimum absolute atomic E-state index is 0.290. The van der Waals surface area contributed by atoms with Gasteiger partial charge in [-0.1, -0.05) is 6.07 Å². The Morgan fingerprint density at radius 1 is 1.35 bits per heavy atom. The fourth-order valence-corrected chi connectivity index (χ4v) is 3.39. The topological polar surface area (TPSA) is 43.8 Å². The summed E-state index contributed by atoms with van der Waals surface area (Å²) in [5.74, 6) is 0.306. The molecule has 1 aromatic carbocycles. The normalized spacial score (nSPS) is 10.9. The molecule has 2 N–H and O–H groups in total. The summed E-state index contributed by atoms with van der Waals surface area (Å²) in [5, 5.41) is 6.46. The predicted molar refractivity (Wildman–Crippen MR) is 84.0 cm³/mol. The lowest BCUT2D eigenvalue weighted by Crippen LogP contribution is -1.97. The zero-order chi connectivity index (χ0) is 14.3. The maximum atomic E-state index is 13.2. The lowest BCUT2D eigenvalue weighted by molar-refractivity contribution is 0.627. The number of thiophene rings is 1. The minimum atomic E-state index is -0.290. The van der Waals surface area contributed by atoms with E-state index in [0.717, 1.165) is 21.7 Å². The van der Waals surface area contributed by atoms with Gasteiger partial charge in [-0.05, 0) is 45.6 Å². The number of hydrogen-bond acceptors (Lipinski definition) is 3. The van der Waals surface area contributed by atoms with E-state index in [9.17, 15) is 4.39 Å². The number of halogens is 2. The number of rotatable bonds is 2. The molecule has 0 aliphatic carbocycles. The second kappa shape index (κ2) is 5.03. The minimum Gasteiger partial charge on any atom is -0.383 e. The number of anilines is 1. The maximum absolute atomic E-state index is 13.2. The first kappa shape index (κ1) is 13.3. The molecule has 0 saturated heterocycles. The van der Waals surface area contributed by atoms with Crippen molar-refractivity contribution in [3.63, 3.8) is 0 Å². The molecule has 0 spiro atoms. The summed E-state index contributed by atoms with van der Waals surface area (Å²) in [4.78, 5) is 1.04. The molecule has 0 fully saturated rings. The number of hydrogen-bond donors (Lipinski definition) is 1. The first-order valence-corrected chi connectivity index (χ1v) is 7.57. The molecule has 0 aliphatic rings. The number of aromatic nitrogens is 2. The fraction of sp³-hybridized carbons (Fsp3) is 0.0714. The van der Waals surface area contributed by atoms with Gasteiger partial charge >= 0.3 is 0 Å². The van der Waals surface area contributed by atoms with Crippen molar-refractivity contribution >= 4 is 33.1 Å². The molecule has 0 amide bonds.